The Kier molecular flexibility index (Phi) is 4.57. The van der Waals surface area contributed by atoms with Crippen molar-refractivity contribution in [3.8, 4) is 11.5 Å². The highest BCUT2D eigenvalue weighted by Gasteiger charge is 2.37. The van der Waals surface area contributed by atoms with Crippen molar-refractivity contribution in [3.63, 3.8) is 0 Å². The number of nitrogens with two attached hydrogens (primary N) is 1. The number of carbonyl (C=O) groups excluding carboxylic acids is 1. The fourth-order valence-electron chi connectivity index (χ4n) is 2.51. The number of aromatic amines is 1. The van der Waals surface area contributed by atoms with Crippen LogP contribution < -0.4 is 15.8 Å². The number of halogens is 6. The molecule has 3 rings (SSSR count). The molecule has 0 fully saturated rings. The Hall–Kier alpha value is -3.44. The minimum atomic E-state index is -4.91. The van der Waals surface area contributed by atoms with Crippen LogP contribution in [0.15, 0.2) is 36.7 Å². The summed E-state index contributed by atoms with van der Waals surface area (Å²) < 4.78 is 84.8. The number of aromatic nitrogens is 2. The van der Waals surface area contributed by atoms with Gasteiger partial charge in [0.2, 0.25) is 0 Å². The number of urea groups is 1. The number of ether oxygens (including phenoxy) is 1. The van der Waals surface area contributed by atoms with Crippen molar-refractivity contribution < 1.29 is 35.9 Å². The van der Waals surface area contributed by atoms with Crippen molar-refractivity contribution in [1.29, 1.82) is 0 Å². The van der Waals surface area contributed by atoms with E-state index in [0.29, 0.717) is 12.3 Å². The molecule has 0 saturated heterocycles. The maximum Gasteiger partial charge on any atom is 0.420 e. The first kappa shape index (κ1) is 19.3. The number of amides is 2. The third-order valence-corrected chi connectivity index (χ3v) is 3.61. The lowest BCUT2D eigenvalue weighted by molar-refractivity contribution is -0.139. The van der Waals surface area contributed by atoms with Gasteiger partial charge in [-0.05, 0) is 24.3 Å². The second kappa shape index (κ2) is 6.62. The monoisotopic (exact) mass is 404 g/mol. The summed E-state index contributed by atoms with van der Waals surface area (Å²) in [6.07, 6.45) is -7.96. The number of rotatable bonds is 3. The van der Waals surface area contributed by atoms with Crippen LogP contribution in [0.4, 0.5) is 36.8 Å². The molecule has 0 aliphatic heterocycles. The molecule has 0 aliphatic carbocycles. The van der Waals surface area contributed by atoms with Crippen molar-refractivity contribution >= 4 is 22.8 Å². The summed E-state index contributed by atoms with van der Waals surface area (Å²) in [7, 11) is 0. The van der Waals surface area contributed by atoms with E-state index in [9.17, 15) is 31.1 Å². The van der Waals surface area contributed by atoms with Gasteiger partial charge in [-0.3, -0.25) is 0 Å². The summed E-state index contributed by atoms with van der Waals surface area (Å²) in [4.78, 5) is 16.9. The second-order valence-electron chi connectivity index (χ2n) is 5.53. The van der Waals surface area contributed by atoms with Crippen LogP contribution in [0, 0.1) is 0 Å². The maximum absolute atomic E-state index is 13.4. The van der Waals surface area contributed by atoms with E-state index in [4.69, 9.17) is 10.5 Å². The molecule has 2 amide bonds. The molecule has 148 valence electrons. The average molecular weight is 404 g/mol. The summed E-state index contributed by atoms with van der Waals surface area (Å²) in [5.41, 5.74) is 1.97. The lowest BCUT2D eigenvalue weighted by Gasteiger charge is -2.16. The van der Waals surface area contributed by atoms with E-state index in [1.807, 2.05) is 5.32 Å². The van der Waals surface area contributed by atoms with E-state index >= 15 is 0 Å². The van der Waals surface area contributed by atoms with Gasteiger partial charge >= 0.3 is 18.4 Å². The molecular weight excluding hydrogens is 394 g/mol. The van der Waals surface area contributed by atoms with E-state index in [0.717, 1.165) is 24.4 Å². The van der Waals surface area contributed by atoms with Crippen molar-refractivity contribution in [2.75, 3.05) is 5.32 Å². The van der Waals surface area contributed by atoms with Crippen LogP contribution >= 0.6 is 0 Å². The standard InChI is InChI=1S/C16H10F6N4O2/c17-15(18,19)8-5-7(26-14(23)27)1-2-10(8)28-11-3-4-24-13-12(11)9(6-25-13)16(20,21)22/h1-6H,(H,24,25)(H3,23,26,27). The summed E-state index contributed by atoms with van der Waals surface area (Å²) in [5, 5.41) is 1.47. The van der Waals surface area contributed by atoms with Crippen molar-refractivity contribution in [2.45, 2.75) is 12.4 Å². The quantitative estimate of drug-likeness (QED) is 0.543. The SMILES string of the molecule is NC(=O)Nc1ccc(Oc2ccnc3[nH]cc(C(F)(F)F)c23)c(C(F)(F)F)c1. The molecule has 0 aliphatic rings. The van der Waals surface area contributed by atoms with E-state index in [-0.39, 0.29) is 11.3 Å². The molecule has 3 aromatic rings. The first-order chi connectivity index (χ1) is 13.0. The molecule has 2 heterocycles. The first-order valence-corrected chi connectivity index (χ1v) is 7.45. The van der Waals surface area contributed by atoms with E-state index in [1.165, 1.54) is 0 Å². The summed E-state index contributed by atoms with van der Waals surface area (Å²) in [6.45, 7) is 0. The minimum Gasteiger partial charge on any atom is -0.456 e. The molecule has 4 N–H and O–H groups in total. The van der Waals surface area contributed by atoms with Gasteiger partial charge in [0.25, 0.3) is 0 Å². The van der Waals surface area contributed by atoms with Gasteiger partial charge in [0.05, 0.1) is 10.9 Å². The minimum absolute atomic E-state index is 0.203. The Morgan fingerprint density at radius 2 is 1.71 bits per heavy atom. The van der Waals surface area contributed by atoms with Crippen molar-refractivity contribution in [2.24, 2.45) is 5.73 Å². The highest BCUT2D eigenvalue weighted by molar-refractivity contribution is 5.88. The average Bonchev–Trinajstić information content (AvgIpc) is 3.00. The highest BCUT2D eigenvalue weighted by atomic mass is 19.4. The molecule has 0 saturated carbocycles. The molecule has 0 radical (unpaired) electrons. The number of carbonyl (C=O) groups is 1. The van der Waals surface area contributed by atoms with Crippen LogP contribution in [0.5, 0.6) is 11.5 Å². The topological polar surface area (TPSA) is 93.0 Å². The number of nitrogens with zero attached hydrogens (tertiary/aromatic N) is 1. The molecule has 1 aromatic carbocycles. The third-order valence-electron chi connectivity index (χ3n) is 3.61. The number of fused-ring (bicyclic) bond motifs is 1. The van der Waals surface area contributed by atoms with Crippen LogP contribution in [0.25, 0.3) is 11.0 Å². The van der Waals surface area contributed by atoms with Gasteiger partial charge in [0, 0.05) is 18.1 Å². The Bertz CT molecular complexity index is 1040. The maximum atomic E-state index is 13.4. The van der Waals surface area contributed by atoms with Crippen LogP contribution in [-0.4, -0.2) is 16.0 Å². The van der Waals surface area contributed by atoms with Crippen molar-refractivity contribution in [3.05, 3.63) is 47.8 Å². The van der Waals surface area contributed by atoms with E-state index in [1.54, 1.807) is 0 Å². The second-order valence-corrected chi connectivity index (χ2v) is 5.53. The predicted molar refractivity (Wildman–Crippen MR) is 85.8 cm³/mol. The molecule has 0 atom stereocenters. The van der Waals surface area contributed by atoms with Crippen LogP contribution in [0.1, 0.15) is 11.1 Å². The number of H-pyrrole nitrogens is 1. The zero-order chi connectivity index (χ0) is 20.7. The smallest absolute Gasteiger partial charge is 0.420 e. The Labute approximate surface area is 152 Å². The number of nitrogens with one attached hydrogen (secondary N) is 2. The molecule has 2 aromatic heterocycles. The van der Waals surface area contributed by atoms with Gasteiger partial charge in [-0.25, -0.2) is 9.78 Å². The lowest BCUT2D eigenvalue weighted by atomic mass is 10.1. The van der Waals surface area contributed by atoms with Crippen molar-refractivity contribution in [1.82, 2.24) is 9.97 Å². The molecule has 0 bridgehead atoms. The molecule has 12 heteroatoms. The number of benzene rings is 1. The number of anilines is 1. The van der Waals surface area contributed by atoms with E-state index < -0.39 is 46.4 Å². The zero-order valence-corrected chi connectivity index (χ0v) is 13.6. The first-order valence-electron chi connectivity index (χ1n) is 7.45. The molecule has 6 nitrogen and oxygen atoms in total. The number of primary amides is 1. The number of pyridine rings is 1. The number of alkyl halides is 6. The Balaban J connectivity index is 2.11. The highest BCUT2D eigenvalue weighted by Crippen LogP contribution is 2.43. The van der Waals surface area contributed by atoms with Gasteiger partial charge in [0.15, 0.2) is 0 Å². The van der Waals surface area contributed by atoms with Gasteiger partial charge in [-0.2, -0.15) is 26.3 Å². The van der Waals surface area contributed by atoms with E-state index in [2.05, 4.69) is 9.97 Å². The number of hydrogen-bond donors (Lipinski definition) is 3. The molecule has 28 heavy (non-hydrogen) atoms. The fraction of sp³-hybridized carbons (Fsp3) is 0.125. The summed E-state index contributed by atoms with van der Waals surface area (Å²) >= 11 is 0. The third kappa shape index (κ3) is 3.80. The van der Waals surface area contributed by atoms with Gasteiger partial charge in [-0.15, -0.1) is 0 Å². The van der Waals surface area contributed by atoms with Crippen LogP contribution in [-0.2, 0) is 12.4 Å². The summed E-state index contributed by atoms with van der Waals surface area (Å²) in [6, 6.07) is 2.41. The number of hydrogen-bond acceptors (Lipinski definition) is 3. The van der Waals surface area contributed by atoms with Crippen LogP contribution in [0.2, 0.25) is 0 Å². The fourth-order valence-corrected chi connectivity index (χ4v) is 2.51. The lowest BCUT2D eigenvalue weighted by Crippen LogP contribution is -2.19. The van der Waals surface area contributed by atoms with Gasteiger partial charge in [-0.1, -0.05) is 0 Å². The molecular formula is C16H10F6N4O2. The van der Waals surface area contributed by atoms with Gasteiger partial charge in [0.1, 0.15) is 22.7 Å². The largest absolute Gasteiger partial charge is 0.456 e. The predicted octanol–water partition coefficient (Wildman–Crippen LogP) is 4.88. The zero-order valence-electron chi connectivity index (χ0n) is 13.6. The Morgan fingerprint density at radius 1 is 1.04 bits per heavy atom. The normalized spacial score (nSPS) is 12.2. The molecule has 0 spiro atoms. The Morgan fingerprint density at radius 3 is 2.32 bits per heavy atom. The van der Waals surface area contributed by atoms with Crippen LogP contribution in [0.3, 0.4) is 0 Å². The van der Waals surface area contributed by atoms with Gasteiger partial charge < -0.3 is 20.8 Å². The summed E-state index contributed by atoms with van der Waals surface area (Å²) in [5.74, 6) is -1.23. The molecule has 0 unspecified atom stereocenters.